The standard InChI is InChI=1S/C13H18N4OS/c1-8-2-4-9(5-3-8)12-16-13(18-17-12)10-7-19-11(6-14)15-10/h7-9H,2-6,14H2,1H3. The Morgan fingerprint density at radius 3 is 2.79 bits per heavy atom. The van der Waals surface area contributed by atoms with Crippen LogP contribution in [0.4, 0.5) is 0 Å². The normalized spacial score (nSPS) is 23.7. The van der Waals surface area contributed by atoms with Gasteiger partial charge in [-0.2, -0.15) is 4.98 Å². The van der Waals surface area contributed by atoms with Gasteiger partial charge >= 0.3 is 0 Å². The van der Waals surface area contributed by atoms with Crippen LogP contribution >= 0.6 is 11.3 Å². The molecule has 19 heavy (non-hydrogen) atoms. The fourth-order valence-corrected chi connectivity index (χ4v) is 3.17. The van der Waals surface area contributed by atoms with E-state index >= 15 is 0 Å². The molecule has 0 radical (unpaired) electrons. The Balaban J connectivity index is 1.75. The Kier molecular flexibility index (Phi) is 3.61. The smallest absolute Gasteiger partial charge is 0.277 e. The Morgan fingerprint density at radius 2 is 2.11 bits per heavy atom. The third-order valence-corrected chi connectivity index (χ3v) is 4.64. The lowest BCUT2D eigenvalue weighted by molar-refractivity contribution is 0.329. The first kappa shape index (κ1) is 12.7. The molecule has 0 atom stereocenters. The number of hydrogen-bond donors (Lipinski definition) is 1. The maximum absolute atomic E-state index is 5.56. The van der Waals surface area contributed by atoms with Crippen LogP contribution in [0, 0.1) is 5.92 Å². The topological polar surface area (TPSA) is 77.8 Å². The molecule has 0 aliphatic heterocycles. The third-order valence-electron chi connectivity index (χ3n) is 3.77. The largest absolute Gasteiger partial charge is 0.332 e. The molecule has 3 rings (SSSR count). The van der Waals surface area contributed by atoms with Crippen molar-refractivity contribution in [2.75, 3.05) is 0 Å². The second-order valence-corrected chi connectivity index (χ2v) is 6.19. The lowest BCUT2D eigenvalue weighted by Gasteiger charge is -2.23. The van der Waals surface area contributed by atoms with Crippen LogP contribution < -0.4 is 5.73 Å². The van der Waals surface area contributed by atoms with Gasteiger partial charge in [0.15, 0.2) is 5.82 Å². The summed E-state index contributed by atoms with van der Waals surface area (Å²) in [6.45, 7) is 2.76. The number of rotatable bonds is 3. The fourth-order valence-electron chi connectivity index (χ4n) is 2.53. The SMILES string of the molecule is CC1CCC(c2noc(-c3csc(CN)n3)n2)CC1. The average Bonchev–Trinajstić information content (AvgIpc) is 3.08. The van der Waals surface area contributed by atoms with Gasteiger partial charge in [-0.25, -0.2) is 4.98 Å². The van der Waals surface area contributed by atoms with Gasteiger partial charge in [-0.1, -0.05) is 24.9 Å². The molecule has 1 aliphatic carbocycles. The van der Waals surface area contributed by atoms with E-state index in [0.29, 0.717) is 18.4 Å². The van der Waals surface area contributed by atoms with Crippen LogP contribution in [0.5, 0.6) is 0 Å². The van der Waals surface area contributed by atoms with Crippen molar-refractivity contribution in [2.45, 2.75) is 45.1 Å². The molecule has 1 fully saturated rings. The van der Waals surface area contributed by atoms with Crippen LogP contribution in [0.1, 0.15) is 49.4 Å². The third kappa shape index (κ3) is 2.69. The second-order valence-electron chi connectivity index (χ2n) is 5.25. The first-order chi connectivity index (χ1) is 9.26. The van der Waals surface area contributed by atoms with Gasteiger partial charge in [0.1, 0.15) is 10.7 Å². The molecule has 0 aromatic carbocycles. The molecule has 5 nitrogen and oxygen atoms in total. The average molecular weight is 278 g/mol. The second kappa shape index (κ2) is 5.38. The highest BCUT2D eigenvalue weighted by atomic mass is 32.1. The molecule has 0 unspecified atom stereocenters. The van der Waals surface area contributed by atoms with Gasteiger partial charge in [0.05, 0.1) is 0 Å². The zero-order valence-corrected chi connectivity index (χ0v) is 11.8. The molecule has 0 saturated heterocycles. The zero-order valence-electron chi connectivity index (χ0n) is 11.0. The van der Waals surface area contributed by atoms with Crippen LogP contribution in [0.3, 0.4) is 0 Å². The summed E-state index contributed by atoms with van der Waals surface area (Å²) >= 11 is 1.53. The maximum atomic E-state index is 5.56. The number of nitrogens with zero attached hydrogens (tertiary/aromatic N) is 3. The summed E-state index contributed by atoms with van der Waals surface area (Å²) in [5, 5.41) is 6.93. The van der Waals surface area contributed by atoms with E-state index in [1.54, 1.807) is 0 Å². The van der Waals surface area contributed by atoms with Crippen molar-refractivity contribution in [3.8, 4) is 11.6 Å². The lowest BCUT2D eigenvalue weighted by Crippen LogP contribution is -2.11. The summed E-state index contributed by atoms with van der Waals surface area (Å²) in [6, 6.07) is 0. The maximum Gasteiger partial charge on any atom is 0.277 e. The molecule has 102 valence electrons. The predicted molar refractivity (Wildman–Crippen MR) is 73.7 cm³/mol. The summed E-state index contributed by atoms with van der Waals surface area (Å²) < 4.78 is 5.33. The zero-order chi connectivity index (χ0) is 13.2. The van der Waals surface area contributed by atoms with E-state index in [-0.39, 0.29) is 0 Å². The van der Waals surface area contributed by atoms with Crippen molar-refractivity contribution in [1.82, 2.24) is 15.1 Å². The summed E-state index contributed by atoms with van der Waals surface area (Å²) in [5.41, 5.74) is 6.30. The minimum absolute atomic E-state index is 0.446. The van der Waals surface area contributed by atoms with Crippen LogP contribution in [0.15, 0.2) is 9.90 Å². The molecular formula is C13H18N4OS. The highest BCUT2D eigenvalue weighted by Crippen LogP contribution is 2.34. The first-order valence-electron chi connectivity index (χ1n) is 6.74. The van der Waals surface area contributed by atoms with Gasteiger partial charge in [0, 0.05) is 17.8 Å². The molecule has 0 bridgehead atoms. The monoisotopic (exact) mass is 278 g/mol. The predicted octanol–water partition coefficient (Wildman–Crippen LogP) is 2.95. The van der Waals surface area contributed by atoms with Gasteiger partial charge in [0.2, 0.25) is 0 Å². The van der Waals surface area contributed by atoms with Crippen LogP contribution in [0.2, 0.25) is 0 Å². The molecule has 6 heteroatoms. The summed E-state index contributed by atoms with van der Waals surface area (Å²) in [4.78, 5) is 8.87. The molecule has 1 saturated carbocycles. The van der Waals surface area contributed by atoms with Crippen molar-refractivity contribution in [3.05, 3.63) is 16.2 Å². The van der Waals surface area contributed by atoms with Gasteiger partial charge in [-0.15, -0.1) is 11.3 Å². The Bertz CT molecular complexity index is 542. The summed E-state index contributed by atoms with van der Waals surface area (Å²) in [7, 11) is 0. The molecule has 2 heterocycles. The van der Waals surface area contributed by atoms with E-state index in [2.05, 4.69) is 22.0 Å². The van der Waals surface area contributed by atoms with Gasteiger partial charge < -0.3 is 10.3 Å². The number of thiazole rings is 1. The van der Waals surface area contributed by atoms with Gasteiger partial charge in [-0.3, -0.25) is 0 Å². The minimum atomic E-state index is 0.446. The summed E-state index contributed by atoms with van der Waals surface area (Å²) in [5.74, 6) is 2.63. The highest BCUT2D eigenvalue weighted by molar-refractivity contribution is 7.09. The molecular weight excluding hydrogens is 260 g/mol. The van der Waals surface area contributed by atoms with Crippen molar-refractivity contribution >= 4 is 11.3 Å². The van der Waals surface area contributed by atoms with E-state index in [0.717, 1.165) is 35.3 Å². The van der Waals surface area contributed by atoms with Crippen LogP contribution in [-0.2, 0) is 6.54 Å². The van der Waals surface area contributed by atoms with Gasteiger partial charge in [0.25, 0.3) is 5.89 Å². The number of nitrogens with two attached hydrogens (primary N) is 1. The molecule has 2 aromatic rings. The van der Waals surface area contributed by atoms with Crippen molar-refractivity contribution in [2.24, 2.45) is 11.7 Å². The Morgan fingerprint density at radius 1 is 1.32 bits per heavy atom. The molecule has 0 spiro atoms. The van der Waals surface area contributed by atoms with E-state index in [4.69, 9.17) is 10.3 Å². The summed E-state index contributed by atoms with van der Waals surface area (Å²) in [6.07, 6.45) is 4.82. The lowest BCUT2D eigenvalue weighted by atomic mass is 9.83. The Hall–Kier alpha value is -1.27. The molecule has 1 aliphatic rings. The Labute approximate surface area is 116 Å². The van der Waals surface area contributed by atoms with Crippen molar-refractivity contribution < 1.29 is 4.52 Å². The molecule has 2 N–H and O–H groups in total. The molecule has 2 aromatic heterocycles. The van der Waals surface area contributed by atoms with Gasteiger partial charge in [-0.05, 0) is 18.8 Å². The van der Waals surface area contributed by atoms with E-state index in [1.807, 2.05) is 5.38 Å². The van der Waals surface area contributed by atoms with Crippen LogP contribution in [0.25, 0.3) is 11.6 Å². The van der Waals surface area contributed by atoms with Crippen molar-refractivity contribution in [3.63, 3.8) is 0 Å². The highest BCUT2D eigenvalue weighted by Gasteiger charge is 2.24. The van der Waals surface area contributed by atoms with E-state index in [9.17, 15) is 0 Å². The van der Waals surface area contributed by atoms with Crippen molar-refractivity contribution in [1.29, 1.82) is 0 Å². The van der Waals surface area contributed by atoms with E-state index < -0.39 is 0 Å². The first-order valence-corrected chi connectivity index (χ1v) is 7.62. The quantitative estimate of drug-likeness (QED) is 0.934. The van der Waals surface area contributed by atoms with Crippen LogP contribution in [-0.4, -0.2) is 15.1 Å². The number of hydrogen-bond acceptors (Lipinski definition) is 6. The van der Waals surface area contributed by atoms with E-state index in [1.165, 1.54) is 24.2 Å². The minimum Gasteiger partial charge on any atom is -0.332 e. The fraction of sp³-hybridized carbons (Fsp3) is 0.615. The number of aromatic nitrogens is 3. The molecule has 0 amide bonds.